The molecular formula is C18H31ClN2O3. The van der Waals surface area contributed by atoms with Gasteiger partial charge in [-0.3, -0.25) is 4.79 Å². The smallest absolute Gasteiger partial charge is 0.224 e. The molecule has 3 N–H and O–H groups in total. The van der Waals surface area contributed by atoms with Crippen molar-refractivity contribution in [3.63, 3.8) is 0 Å². The van der Waals surface area contributed by atoms with E-state index in [0.29, 0.717) is 24.8 Å². The molecule has 138 valence electrons. The van der Waals surface area contributed by atoms with E-state index in [0.717, 1.165) is 17.7 Å². The average Bonchev–Trinajstić information content (AvgIpc) is 2.52. The number of halogens is 1. The normalized spacial score (nSPS) is 13.0. The lowest BCUT2D eigenvalue weighted by atomic mass is 10.0. The summed E-state index contributed by atoms with van der Waals surface area (Å²) in [5, 5.41) is 2.89. The molecule has 0 bridgehead atoms. The van der Waals surface area contributed by atoms with Crippen molar-refractivity contribution in [2.45, 2.75) is 46.7 Å². The maximum atomic E-state index is 11.9. The average molecular weight is 359 g/mol. The lowest BCUT2D eigenvalue weighted by molar-refractivity contribution is -0.125. The maximum Gasteiger partial charge on any atom is 0.224 e. The van der Waals surface area contributed by atoms with Crippen LogP contribution in [0.4, 0.5) is 0 Å². The van der Waals surface area contributed by atoms with E-state index in [1.54, 1.807) is 7.11 Å². The van der Waals surface area contributed by atoms with Gasteiger partial charge in [0.1, 0.15) is 0 Å². The Bertz CT molecular complexity index is 507. The van der Waals surface area contributed by atoms with Crippen molar-refractivity contribution in [1.82, 2.24) is 5.32 Å². The van der Waals surface area contributed by atoms with Crippen LogP contribution in [0, 0.1) is 11.8 Å². The minimum Gasteiger partial charge on any atom is -0.493 e. The minimum absolute atomic E-state index is 0. The van der Waals surface area contributed by atoms with Crippen molar-refractivity contribution >= 4 is 18.3 Å². The Hall–Kier alpha value is -1.46. The first-order chi connectivity index (χ1) is 10.8. The second-order valence-corrected chi connectivity index (χ2v) is 6.38. The summed E-state index contributed by atoms with van der Waals surface area (Å²) in [6.07, 6.45) is 0.996. The fraction of sp³-hybridized carbons (Fsp3) is 0.611. The van der Waals surface area contributed by atoms with E-state index >= 15 is 0 Å². The third-order valence-corrected chi connectivity index (χ3v) is 3.85. The van der Waals surface area contributed by atoms with Gasteiger partial charge in [0.25, 0.3) is 0 Å². The largest absolute Gasteiger partial charge is 0.493 e. The molecule has 0 saturated carbocycles. The molecule has 0 aliphatic rings. The Morgan fingerprint density at radius 1 is 1.21 bits per heavy atom. The zero-order valence-electron chi connectivity index (χ0n) is 15.3. The molecule has 0 heterocycles. The lowest BCUT2D eigenvalue weighted by Gasteiger charge is -2.16. The van der Waals surface area contributed by atoms with Crippen LogP contribution in [0.2, 0.25) is 0 Å². The summed E-state index contributed by atoms with van der Waals surface area (Å²) in [7, 11) is 1.62. The third kappa shape index (κ3) is 7.41. The monoisotopic (exact) mass is 358 g/mol. The molecule has 0 aliphatic carbocycles. The molecule has 0 fully saturated rings. The second kappa shape index (κ2) is 11.2. The van der Waals surface area contributed by atoms with Crippen LogP contribution in [-0.2, 0) is 11.3 Å². The first-order valence-corrected chi connectivity index (χ1v) is 8.18. The first-order valence-electron chi connectivity index (χ1n) is 8.18. The predicted octanol–water partition coefficient (Wildman–Crippen LogP) is 3.14. The number of nitrogens with one attached hydrogen (secondary N) is 1. The molecule has 1 aromatic rings. The second-order valence-electron chi connectivity index (χ2n) is 6.38. The summed E-state index contributed by atoms with van der Waals surface area (Å²) in [6, 6.07) is 5.54. The number of hydrogen-bond acceptors (Lipinski definition) is 4. The van der Waals surface area contributed by atoms with Gasteiger partial charge in [-0.1, -0.05) is 26.8 Å². The van der Waals surface area contributed by atoms with E-state index in [9.17, 15) is 4.79 Å². The number of ether oxygens (including phenoxy) is 2. The van der Waals surface area contributed by atoms with Gasteiger partial charge in [0.05, 0.1) is 13.7 Å². The van der Waals surface area contributed by atoms with Gasteiger partial charge >= 0.3 is 0 Å². The highest BCUT2D eigenvalue weighted by Crippen LogP contribution is 2.28. The van der Waals surface area contributed by atoms with E-state index < -0.39 is 0 Å². The molecule has 24 heavy (non-hydrogen) atoms. The van der Waals surface area contributed by atoms with Crippen LogP contribution in [0.5, 0.6) is 11.5 Å². The molecule has 5 nitrogen and oxygen atoms in total. The fourth-order valence-electron chi connectivity index (χ4n) is 1.93. The Morgan fingerprint density at radius 3 is 2.42 bits per heavy atom. The topological polar surface area (TPSA) is 73.6 Å². The minimum atomic E-state index is -0.212. The number of methoxy groups -OCH3 is 1. The Balaban J connectivity index is 0.00000529. The van der Waals surface area contributed by atoms with Gasteiger partial charge in [-0.2, -0.15) is 0 Å². The predicted molar refractivity (Wildman–Crippen MR) is 99.9 cm³/mol. The number of carbonyl (C=O) groups is 1. The fourth-order valence-corrected chi connectivity index (χ4v) is 1.93. The third-order valence-electron chi connectivity index (χ3n) is 3.85. The number of carbonyl (C=O) groups excluding carboxylic acids is 1. The number of benzene rings is 1. The SMILES string of the molecule is COc1cc(CNC(=O)C(C)C(C)N)ccc1OCCC(C)C.Cl. The lowest BCUT2D eigenvalue weighted by Crippen LogP contribution is -2.38. The van der Waals surface area contributed by atoms with Crippen molar-refractivity contribution in [3.05, 3.63) is 23.8 Å². The molecule has 2 atom stereocenters. The molecule has 2 unspecified atom stereocenters. The number of hydrogen-bond donors (Lipinski definition) is 2. The van der Waals surface area contributed by atoms with Crippen LogP contribution in [0.3, 0.4) is 0 Å². The highest BCUT2D eigenvalue weighted by atomic mass is 35.5. The molecule has 1 amide bonds. The van der Waals surface area contributed by atoms with Gasteiger partial charge in [-0.05, 0) is 37.0 Å². The van der Waals surface area contributed by atoms with Gasteiger partial charge in [0.15, 0.2) is 11.5 Å². The maximum absolute atomic E-state index is 11.9. The van der Waals surface area contributed by atoms with Gasteiger partial charge in [-0.15, -0.1) is 12.4 Å². The van der Waals surface area contributed by atoms with Crippen molar-refractivity contribution < 1.29 is 14.3 Å². The highest BCUT2D eigenvalue weighted by Gasteiger charge is 2.16. The van der Waals surface area contributed by atoms with E-state index in [1.165, 1.54) is 0 Å². The zero-order chi connectivity index (χ0) is 17.4. The summed E-state index contributed by atoms with van der Waals surface area (Å²) < 4.78 is 11.1. The van der Waals surface area contributed by atoms with Crippen LogP contribution < -0.4 is 20.5 Å². The van der Waals surface area contributed by atoms with Gasteiger partial charge in [0.2, 0.25) is 5.91 Å². The van der Waals surface area contributed by atoms with Crippen LogP contribution in [0.1, 0.15) is 39.7 Å². The molecule has 0 radical (unpaired) electrons. The summed E-state index contributed by atoms with van der Waals surface area (Å²) >= 11 is 0. The van der Waals surface area contributed by atoms with Gasteiger partial charge in [0, 0.05) is 18.5 Å². The molecule has 0 aliphatic heterocycles. The zero-order valence-corrected chi connectivity index (χ0v) is 16.1. The summed E-state index contributed by atoms with van der Waals surface area (Å²) in [6.45, 7) is 9.09. The van der Waals surface area contributed by atoms with E-state index in [4.69, 9.17) is 15.2 Å². The Labute approximate surface area is 151 Å². The Kier molecular flexibility index (Phi) is 10.5. The van der Waals surface area contributed by atoms with Crippen molar-refractivity contribution in [2.75, 3.05) is 13.7 Å². The molecule has 0 spiro atoms. The number of rotatable bonds is 9. The van der Waals surface area contributed by atoms with Crippen LogP contribution in [-0.4, -0.2) is 25.7 Å². The van der Waals surface area contributed by atoms with E-state index in [2.05, 4.69) is 19.2 Å². The van der Waals surface area contributed by atoms with Crippen LogP contribution in [0.15, 0.2) is 18.2 Å². The standard InChI is InChI=1S/C18H30N2O3.ClH/c1-12(2)8-9-23-16-7-6-15(10-17(16)22-5)11-20-18(21)13(3)14(4)19;/h6-7,10,12-14H,8-9,11,19H2,1-5H3,(H,20,21);1H. The van der Waals surface area contributed by atoms with Crippen LogP contribution >= 0.6 is 12.4 Å². The molecule has 1 aromatic carbocycles. The van der Waals surface area contributed by atoms with E-state index in [-0.39, 0.29) is 30.3 Å². The van der Waals surface area contributed by atoms with Crippen molar-refractivity contribution in [3.8, 4) is 11.5 Å². The molecule has 0 saturated heterocycles. The first kappa shape index (κ1) is 22.5. The Morgan fingerprint density at radius 2 is 1.88 bits per heavy atom. The summed E-state index contributed by atoms with van der Waals surface area (Å²) in [5.41, 5.74) is 6.70. The number of nitrogens with two attached hydrogens (primary N) is 1. The summed E-state index contributed by atoms with van der Waals surface area (Å²) in [5.74, 6) is 1.75. The number of amides is 1. The molecule has 0 aromatic heterocycles. The summed E-state index contributed by atoms with van der Waals surface area (Å²) in [4.78, 5) is 11.9. The van der Waals surface area contributed by atoms with Gasteiger partial charge < -0.3 is 20.5 Å². The van der Waals surface area contributed by atoms with Gasteiger partial charge in [-0.25, -0.2) is 0 Å². The molecule has 6 heteroatoms. The quantitative estimate of drug-likeness (QED) is 0.711. The molecule has 1 rings (SSSR count). The van der Waals surface area contributed by atoms with Crippen molar-refractivity contribution in [2.24, 2.45) is 17.6 Å². The molecular weight excluding hydrogens is 328 g/mol. The van der Waals surface area contributed by atoms with Crippen molar-refractivity contribution in [1.29, 1.82) is 0 Å². The van der Waals surface area contributed by atoms with Crippen LogP contribution in [0.25, 0.3) is 0 Å². The highest BCUT2D eigenvalue weighted by molar-refractivity contribution is 5.85. The van der Waals surface area contributed by atoms with E-state index in [1.807, 2.05) is 32.0 Å².